The molecule has 1 heterocycles. The zero-order valence-electron chi connectivity index (χ0n) is 15.8. The number of esters is 1. The van der Waals surface area contributed by atoms with Crippen LogP contribution in [-0.2, 0) is 18.8 Å². The molecule has 5 nitrogen and oxygen atoms in total. The fraction of sp³-hybridized carbons (Fsp3) is 0.474. The lowest BCUT2D eigenvalue weighted by Crippen LogP contribution is -2.41. The monoisotopic (exact) mass is 343 g/mol. The first kappa shape index (κ1) is 19.4. The van der Waals surface area contributed by atoms with E-state index in [1.54, 1.807) is 6.92 Å². The molecule has 6 heteroatoms. The number of rotatable bonds is 5. The third-order valence-corrected chi connectivity index (χ3v) is 4.63. The molecule has 134 valence electrons. The molecular weight excluding hydrogens is 317 g/mol. The van der Waals surface area contributed by atoms with Crippen LogP contribution in [0.1, 0.15) is 47.1 Å². The van der Waals surface area contributed by atoms with Crippen LogP contribution in [-0.4, -0.2) is 37.1 Å². The summed E-state index contributed by atoms with van der Waals surface area (Å²) in [5.41, 5.74) is 1.57. The quantitative estimate of drug-likeness (QED) is 0.461. The van der Waals surface area contributed by atoms with Gasteiger partial charge in [0.05, 0.1) is 23.5 Å². The zero-order valence-corrected chi connectivity index (χ0v) is 15.8. The van der Waals surface area contributed by atoms with Crippen LogP contribution in [0.2, 0.25) is 0 Å². The third kappa shape index (κ3) is 4.19. The van der Waals surface area contributed by atoms with Gasteiger partial charge in [-0.05, 0) is 58.6 Å². The van der Waals surface area contributed by atoms with Crippen molar-refractivity contribution in [3.63, 3.8) is 0 Å². The molecule has 1 aromatic rings. The minimum Gasteiger partial charge on any atom is -0.462 e. The van der Waals surface area contributed by atoms with Gasteiger partial charge in [-0.3, -0.25) is 0 Å². The van der Waals surface area contributed by atoms with Crippen LogP contribution >= 0.6 is 0 Å². The molecule has 0 atom stereocenters. The molecule has 0 spiro atoms. The summed E-state index contributed by atoms with van der Waals surface area (Å²) in [4.78, 5) is 15.8. The minimum absolute atomic E-state index is 0.320. The highest BCUT2D eigenvalue weighted by Crippen LogP contribution is 2.41. The Kier molecular flexibility index (Phi) is 5.85. The highest BCUT2D eigenvalue weighted by molar-refractivity contribution is 6.69. The van der Waals surface area contributed by atoms with Gasteiger partial charge in [0, 0.05) is 0 Å². The molecule has 1 fully saturated rings. The summed E-state index contributed by atoms with van der Waals surface area (Å²) in [5.74, 6) is -0.463. The summed E-state index contributed by atoms with van der Waals surface area (Å²) < 4.78 is 17.2. The van der Waals surface area contributed by atoms with E-state index in [0.717, 1.165) is 11.0 Å². The average molecular weight is 343 g/mol. The van der Waals surface area contributed by atoms with Crippen LogP contribution in [0.4, 0.5) is 5.69 Å². The fourth-order valence-corrected chi connectivity index (χ4v) is 2.52. The van der Waals surface area contributed by atoms with E-state index >= 15 is 0 Å². The first-order valence-electron chi connectivity index (χ1n) is 8.54. The Hall–Kier alpha value is -1.92. The molecule has 1 saturated heterocycles. The second-order valence-electron chi connectivity index (χ2n) is 6.86. The Morgan fingerprint density at radius 3 is 2.36 bits per heavy atom. The Morgan fingerprint density at radius 2 is 1.80 bits per heavy atom. The molecule has 0 N–H and O–H groups in total. The van der Waals surface area contributed by atoms with E-state index < -0.39 is 24.3 Å². The summed E-state index contributed by atoms with van der Waals surface area (Å²) in [6.45, 7) is 12.1. The van der Waals surface area contributed by atoms with Gasteiger partial charge in [-0.2, -0.15) is 0 Å². The van der Waals surface area contributed by atoms with Crippen molar-refractivity contribution < 1.29 is 18.8 Å². The van der Waals surface area contributed by atoms with Crippen molar-refractivity contribution in [2.75, 3.05) is 6.61 Å². The number of aliphatic imine (C=N–C) groups is 1. The van der Waals surface area contributed by atoms with Crippen molar-refractivity contribution in [1.82, 2.24) is 0 Å². The smallest absolute Gasteiger partial charge is 0.462 e. The Balaban J connectivity index is 2.33. The lowest BCUT2D eigenvalue weighted by Gasteiger charge is -2.32. The van der Waals surface area contributed by atoms with Gasteiger partial charge in [-0.15, -0.1) is 0 Å². The maximum atomic E-state index is 11.6. The van der Waals surface area contributed by atoms with E-state index in [9.17, 15) is 4.79 Å². The van der Waals surface area contributed by atoms with Crippen molar-refractivity contribution in [3.8, 4) is 0 Å². The molecule has 0 bridgehead atoms. The largest absolute Gasteiger partial charge is 0.495 e. The number of allylic oxidation sites excluding steroid dienone is 1. The Morgan fingerprint density at radius 1 is 1.20 bits per heavy atom. The average Bonchev–Trinajstić information content (AvgIpc) is 2.75. The summed E-state index contributed by atoms with van der Waals surface area (Å²) in [6.07, 6.45) is 3.15. The molecule has 2 rings (SSSR count). The second-order valence-corrected chi connectivity index (χ2v) is 6.86. The first-order valence-corrected chi connectivity index (χ1v) is 8.54. The number of carbonyl (C=O) groups is 1. The number of benzene rings is 1. The maximum absolute atomic E-state index is 11.6. The van der Waals surface area contributed by atoms with Crippen molar-refractivity contribution >= 4 is 30.5 Å². The lowest BCUT2D eigenvalue weighted by molar-refractivity contribution is -0.134. The Labute approximate surface area is 150 Å². The zero-order chi connectivity index (χ0) is 18.7. The van der Waals surface area contributed by atoms with Gasteiger partial charge in [-0.25, -0.2) is 9.79 Å². The van der Waals surface area contributed by atoms with Gasteiger partial charge in [0.2, 0.25) is 0 Å². The van der Waals surface area contributed by atoms with E-state index in [2.05, 4.69) is 4.99 Å². The highest BCUT2D eigenvalue weighted by Gasteiger charge is 2.52. The van der Waals surface area contributed by atoms with Crippen LogP contribution in [0, 0.1) is 0 Å². The summed E-state index contributed by atoms with van der Waals surface area (Å²) >= 11 is 0. The SMILES string of the molecule is C/C=C(/B1OC(C)(C)C(C)(C)O1)c1ccccc1N=CC(=O)OCC. The Bertz CT molecular complexity index is 678. The van der Waals surface area contributed by atoms with Gasteiger partial charge in [0.15, 0.2) is 0 Å². The molecule has 25 heavy (non-hydrogen) atoms. The molecule has 0 saturated carbocycles. The molecule has 0 aliphatic carbocycles. The summed E-state index contributed by atoms with van der Waals surface area (Å²) in [7, 11) is -0.492. The molecule has 0 aromatic heterocycles. The van der Waals surface area contributed by atoms with E-state index in [1.165, 1.54) is 6.21 Å². The maximum Gasteiger partial charge on any atom is 0.495 e. The van der Waals surface area contributed by atoms with Crippen LogP contribution in [0.25, 0.3) is 5.47 Å². The third-order valence-electron chi connectivity index (χ3n) is 4.63. The standard InChI is InChI=1S/C19H26BNO4/c1-7-15(20-24-18(3,4)19(5,6)25-20)14-11-9-10-12-16(14)21-13-17(22)23-8-2/h7,9-13H,8H2,1-6H3/b15-7+,21-13?. The van der Waals surface area contributed by atoms with Gasteiger partial charge in [0.1, 0.15) is 6.21 Å². The van der Waals surface area contributed by atoms with Crippen molar-refractivity contribution in [3.05, 3.63) is 35.9 Å². The second kappa shape index (κ2) is 7.54. The number of para-hydroxylation sites is 1. The van der Waals surface area contributed by atoms with E-state index in [0.29, 0.717) is 12.3 Å². The number of hydrogen-bond donors (Lipinski definition) is 0. The van der Waals surface area contributed by atoms with E-state index in [-0.39, 0.29) is 0 Å². The summed E-state index contributed by atoms with van der Waals surface area (Å²) in [6, 6.07) is 7.59. The van der Waals surface area contributed by atoms with E-state index in [1.807, 2.05) is 65.0 Å². The highest BCUT2D eigenvalue weighted by atomic mass is 16.7. The van der Waals surface area contributed by atoms with E-state index in [4.69, 9.17) is 14.0 Å². The number of carbonyl (C=O) groups excluding carboxylic acids is 1. The molecular formula is C19H26BNO4. The van der Waals surface area contributed by atoms with Crippen LogP contribution in [0.3, 0.4) is 0 Å². The number of ether oxygens (including phenoxy) is 1. The van der Waals surface area contributed by atoms with Crippen LogP contribution < -0.4 is 0 Å². The molecule has 1 aromatic carbocycles. The normalized spacial score (nSPS) is 19.4. The first-order chi connectivity index (χ1) is 11.7. The van der Waals surface area contributed by atoms with Crippen LogP contribution in [0.5, 0.6) is 0 Å². The molecule has 0 radical (unpaired) electrons. The van der Waals surface area contributed by atoms with Crippen molar-refractivity contribution in [2.24, 2.45) is 4.99 Å². The van der Waals surface area contributed by atoms with Crippen LogP contribution in [0.15, 0.2) is 35.3 Å². The fourth-order valence-electron chi connectivity index (χ4n) is 2.52. The minimum atomic E-state index is -0.492. The van der Waals surface area contributed by atoms with Crippen molar-refractivity contribution in [2.45, 2.75) is 52.7 Å². The lowest BCUT2D eigenvalue weighted by atomic mass is 9.73. The molecule has 0 amide bonds. The predicted octanol–water partition coefficient (Wildman–Crippen LogP) is 3.99. The van der Waals surface area contributed by atoms with Gasteiger partial charge in [-0.1, -0.05) is 24.3 Å². The number of hydrogen-bond acceptors (Lipinski definition) is 5. The molecule has 0 unspecified atom stereocenters. The van der Waals surface area contributed by atoms with Crippen molar-refractivity contribution in [1.29, 1.82) is 0 Å². The topological polar surface area (TPSA) is 57.1 Å². The summed E-state index contributed by atoms with van der Waals surface area (Å²) in [5, 5.41) is 0. The molecule has 1 aliphatic heterocycles. The van der Waals surface area contributed by atoms with Gasteiger partial charge in [0.25, 0.3) is 0 Å². The van der Waals surface area contributed by atoms with Gasteiger partial charge < -0.3 is 14.0 Å². The van der Waals surface area contributed by atoms with Gasteiger partial charge >= 0.3 is 13.1 Å². The molecule has 1 aliphatic rings. The predicted molar refractivity (Wildman–Crippen MR) is 101 cm³/mol. The number of nitrogens with zero attached hydrogens (tertiary/aromatic N) is 1.